The van der Waals surface area contributed by atoms with Crippen molar-refractivity contribution in [1.82, 2.24) is 25.3 Å². The summed E-state index contributed by atoms with van der Waals surface area (Å²) in [6.45, 7) is 5.96. The zero-order valence-corrected chi connectivity index (χ0v) is 23.2. The van der Waals surface area contributed by atoms with Crippen LogP contribution in [0.15, 0.2) is 59.3 Å². The van der Waals surface area contributed by atoms with E-state index in [1.54, 1.807) is 19.3 Å². The summed E-state index contributed by atoms with van der Waals surface area (Å²) in [6.07, 6.45) is 4.53. The van der Waals surface area contributed by atoms with Gasteiger partial charge in [-0.2, -0.15) is 0 Å². The average molecular weight is 553 g/mol. The molecule has 4 rings (SSSR count). The fraction of sp³-hybridized carbons (Fsp3) is 0.333. The van der Waals surface area contributed by atoms with E-state index in [0.29, 0.717) is 11.7 Å². The molecule has 0 aliphatic heterocycles. The molecule has 1 amide bonds. The molecule has 3 heterocycles. The molecular weight excluding hydrogens is 518 g/mol. The molecule has 0 bridgehead atoms. The molecule has 4 aromatic rings. The molecule has 0 saturated heterocycles. The summed E-state index contributed by atoms with van der Waals surface area (Å²) in [5.74, 6) is 3.11. The fourth-order valence-electron chi connectivity index (χ4n) is 3.70. The molecule has 3 N–H and O–H groups in total. The third-order valence-electron chi connectivity index (χ3n) is 5.76. The van der Waals surface area contributed by atoms with Crippen molar-refractivity contribution in [2.24, 2.45) is 5.92 Å². The Morgan fingerprint density at radius 2 is 1.78 bits per heavy atom. The zero-order chi connectivity index (χ0) is 26.2. The molecule has 0 aliphatic carbocycles. The van der Waals surface area contributed by atoms with Crippen molar-refractivity contribution in [3.05, 3.63) is 65.2 Å². The number of imidazole rings is 1. The Morgan fingerprint density at radius 3 is 2.42 bits per heavy atom. The Bertz CT molecular complexity index is 1300. The Kier molecular flexibility index (Phi) is 9.55. The largest absolute Gasteiger partial charge is 0.373 e. The first-order chi connectivity index (χ1) is 17.2. The number of rotatable bonds is 7. The number of nitrogens with one attached hydrogen (secondary N) is 3. The van der Waals surface area contributed by atoms with E-state index in [-0.39, 0.29) is 11.9 Å². The van der Waals surface area contributed by atoms with Crippen molar-refractivity contribution < 1.29 is 4.79 Å². The van der Waals surface area contributed by atoms with Crippen LogP contribution in [0.1, 0.15) is 39.1 Å². The minimum Gasteiger partial charge on any atom is -0.373 e. The van der Waals surface area contributed by atoms with Gasteiger partial charge in [0.05, 0.1) is 17.1 Å². The van der Waals surface area contributed by atoms with Gasteiger partial charge in [0, 0.05) is 37.9 Å². The standard InChI is InChI=1S/C19H25N5.C8H9BrN2O/c1-12(2)9-17(20-3)19-23-15-6-5-13(10-16(15)24-19)14-7-8-22-18(11-14)21-4;1-6(12)11(2)8-5-7(9)3-4-10-8/h5-8,10-12,17,20H,9H2,1-4H3,(H,21,22)(H,23,24);3-5H,1-2H3/t17-;/m1./s1. The predicted molar refractivity (Wildman–Crippen MR) is 151 cm³/mol. The van der Waals surface area contributed by atoms with Crippen molar-refractivity contribution >= 4 is 44.5 Å². The van der Waals surface area contributed by atoms with Gasteiger partial charge in [-0.15, -0.1) is 0 Å². The molecule has 0 spiro atoms. The summed E-state index contributed by atoms with van der Waals surface area (Å²) in [6, 6.07) is 14.3. The monoisotopic (exact) mass is 551 g/mol. The number of aromatic amines is 1. The summed E-state index contributed by atoms with van der Waals surface area (Å²) in [5.41, 5.74) is 4.36. The number of carbonyl (C=O) groups is 1. The lowest BCUT2D eigenvalue weighted by atomic mass is 10.0. The van der Waals surface area contributed by atoms with Gasteiger partial charge in [-0.25, -0.2) is 15.0 Å². The van der Waals surface area contributed by atoms with Crippen LogP contribution in [0.4, 0.5) is 11.6 Å². The molecule has 0 aliphatic rings. The van der Waals surface area contributed by atoms with Crippen LogP contribution in [-0.4, -0.2) is 47.0 Å². The van der Waals surface area contributed by atoms with Gasteiger partial charge in [0.15, 0.2) is 0 Å². The maximum atomic E-state index is 10.9. The SMILES string of the molecule is CC(=O)N(C)c1cc(Br)ccn1.CNc1cc(-c2ccc3nc([C@@H](CC(C)C)NC)[nH]c3c2)ccn1. The molecule has 0 radical (unpaired) electrons. The van der Waals surface area contributed by atoms with Crippen LogP contribution in [0.2, 0.25) is 0 Å². The van der Waals surface area contributed by atoms with E-state index >= 15 is 0 Å². The minimum absolute atomic E-state index is 0.0272. The molecule has 0 fully saturated rings. The Labute approximate surface area is 221 Å². The minimum atomic E-state index is -0.0272. The highest BCUT2D eigenvalue weighted by atomic mass is 79.9. The van der Waals surface area contributed by atoms with Crippen LogP contribution in [0.25, 0.3) is 22.2 Å². The summed E-state index contributed by atoms with van der Waals surface area (Å²) in [7, 11) is 5.56. The number of hydrogen-bond donors (Lipinski definition) is 3. The number of fused-ring (bicyclic) bond motifs is 1. The predicted octanol–water partition coefficient (Wildman–Crippen LogP) is 5.80. The van der Waals surface area contributed by atoms with Crippen molar-refractivity contribution in [1.29, 1.82) is 0 Å². The Balaban J connectivity index is 0.000000253. The van der Waals surface area contributed by atoms with E-state index in [9.17, 15) is 4.79 Å². The first-order valence-corrected chi connectivity index (χ1v) is 12.7. The van der Waals surface area contributed by atoms with Gasteiger partial charge in [0.25, 0.3) is 0 Å². The second-order valence-corrected chi connectivity index (χ2v) is 9.83. The van der Waals surface area contributed by atoms with Gasteiger partial charge in [-0.05, 0) is 66.9 Å². The molecule has 36 heavy (non-hydrogen) atoms. The average Bonchev–Trinajstić information content (AvgIpc) is 3.30. The van der Waals surface area contributed by atoms with Crippen LogP contribution in [0, 0.1) is 5.92 Å². The maximum absolute atomic E-state index is 10.9. The molecular formula is C27H34BrN7O. The molecule has 0 saturated carbocycles. The second kappa shape index (κ2) is 12.6. The summed E-state index contributed by atoms with van der Waals surface area (Å²) >= 11 is 3.30. The number of H-pyrrole nitrogens is 1. The van der Waals surface area contributed by atoms with Gasteiger partial charge in [-0.3, -0.25) is 4.79 Å². The topological polar surface area (TPSA) is 98.8 Å². The molecule has 1 atom stereocenters. The van der Waals surface area contributed by atoms with E-state index in [2.05, 4.69) is 73.6 Å². The fourth-order valence-corrected chi connectivity index (χ4v) is 4.02. The number of amides is 1. The van der Waals surface area contributed by atoms with Gasteiger partial charge in [-0.1, -0.05) is 35.8 Å². The molecule has 1 aromatic carbocycles. The van der Waals surface area contributed by atoms with Crippen molar-refractivity contribution in [2.75, 3.05) is 31.4 Å². The first-order valence-electron chi connectivity index (χ1n) is 11.9. The number of anilines is 2. The number of carbonyl (C=O) groups excluding carboxylic acids is 1. The van der Waals surface area contributed by atoms with Gasteiger partial charge in [0.1, 0.15) is 17.5 Å². The molecule has 8 nitrogen and oxygen atoms in total. The highest BCUT2D eigenvalue weighted by Gasteiger charge is 2.16. The quantitative estimate of drug-likeness (QED) is 0.268. The number of hydrogen-bond acceptors (Lipinski definition) is 6. The third kappa shape index (κ3) is 7.11. The Hall–Kier alpha value is -3.30. The second-order valence-electron chi connectivity index (χ2n) is 8.91. The lowest BCUT2D eigenvalue weighted by Crippen LogP contribution is -2.23. The van der Waals surface area contributed by atoms with E-state index in [1.807, 2.05) is 38.5 Å². The smallest absolute Gasteiger partial charge is 0.224 e. The van der Waals surface area contributed by atoms with E-state index < -0.39 is 0 Å². The van der Waals surface area contributed by atoms with E-state index in [1.165, 1.54) is 11.8 Å². The normalized spacial score (nSPS) is 11.7. The lowest BCUT2D eigenvalue weighted by Gasteiger charge is -2.15. The third-order valence-corrected chi connectivity index (χ3v) is 6.25. The summed E-state index contributed by atoms with van der Waals surface area (Å²) in [4.78, 5) is 29.0. The molecule has 3 aromatic heterocycles. The molecule has 0 unspecified atom stereocenters. The van der Waals surface area contributed by atoms with Crippen LogP contribution < -0.4 is 15.5 Å². The number of benzene rings is 1. The lowest BCUT2D eigenvalue weighted by molar-refractivity contribution is -0.116. The number of pyridine rings is 2. The van der Waals surface area contributed by atoms with Crippen LogP contribution in [0.3, 0.4) is 0 Å². The number of nitrogens with zero attached hydrogens (tertiary/aromatic N) is 4. The van der Waals surface area contributed by atoms with Crippen LogP contribution in [0.5, 0.6) is 0 Å². The number of aromatic nitrogens is 4. The molecule has 9 heteroatoms. The van der Waals surface area contributed by atoms with Crippen molar-refractivity contribution in [2.45, 2.75) is 33.2 Å². The Morgan fingerprint density at radius 1 is 1.06 bits per heavy atom. The van der Waals surface area contributed by atoms with E-state index in [0.717, 1.165) is 44.7 Å². The summed E-state index contributed by atoms with van der Waals surface area (Å²) < 4.78 is 0.917. The van der Waals surface area contributed by atoms with Gasteiger partial charge >= 0.3 is 0 Å². The zero-order valence-electron chi connectivity index (χ0n) is 21.6. The van der Waals surface area contributed by atoms with E-state index in [4.69, 9.17) is 4.98 Å². The highest BCUT2D eigenvalue weighted by Crippen LogP contribution is 2.27. The number of halogens is 1. The van der Waals surface area contributed by atoms with Gasteiger partial charge in [0.2, 0.25) is 5.91 Å². The summed E-state index contributed by atoms with van der Waals surface area (Å²) in [5, 5.41) is 6.44. The van der Waals surface area contributed by atoms with Crippen LogP contribution in [-0.2, 0) is 4.79 Å². The van der Waals surface area contributed by atoms with Crippen LogP contribution >= 0.6 is 15.9 Å². The van der Waals surface area contributed by atoms with Crippen molar-refractivity contribution in [3.8, 4) is 11.1 Å². The maximum Gasteiger partial charge on any atom is 0.224 e. The molecule has 190 valence electrons. The highest BCUT2D eigenvalue weighted by molar-refractivity contribution is 9.10. The van der Waals surface area contributed by atoms with Crippen molar-refractivity contribution in [3.63, 3.8) is 0 Å². The first kappa shape index (κ1) is 27.3. The van der Waals surface area contributed by atoms with Gasteiger partial charge < -0.3 is 20.5 Å².